The molecule has 3 rings (SSSR count). The second-order valence-corrected chi connectivity index (χ2v) is 8.06. The molecule has 1 amide bonds. The van der Waals surface area contributed by atoms with Crippen molar-refractivity contribution in [3.63, 3.8) is 0 Å². The number of hydrogen-bond acceptors (Lipinski definition) is 5. The average molecular weight is 432 g/mol. The molecule has 0 saturated heterocycles. The Bertz CT molecular complexity index is 1060. The van der Waals surface area contributed by atoms with E-state index in [0.29, 0.717) is 16.5 Å². The quantitative estimate of drug-likeness (QED) is 0.563. The first kappa shape index (κ1) is 20.6. The van der Waals surface area contributed by atoms with Crippen LogP contribution in [0.2, 0.25) is 5.02 Å². The number of pyridine rings is 1. The maximum atomic E-state index is 12.4. The number of amides is 1. The molecule has 0 atom stereocenters. The summed E-state index contributed by atoms with van der Waals surface area (Å²) in [4.78, 5) is 16.0. The minimum Gasteiger partial charge on any atom is -0.493 e. The van der Waals surface area contributed by atoms with Gasteiger partial charge >= 0.3 is 0 Å². The lowest BCUT2D eigenvalue weighted by atomic mass is 10.3. The summed E-state index contributed by atoms with van der Waals surface area (Å²) in [6.07, 6.45) is 1.64. The Morgan fingerprint density at radius 2 is 1.72 bits per heavy atom. The van der Waals surface area contributed by atoms with Gasteiger partial charge in [-0.15, -0.1) is 0 Å². The Hall–Kier alpha value is -3.10. The highest BCUT2D eigenvalue weighted by Crippen LogP contribution is 2.18. The molecule has 9 heteroatoms. The van der Waals surface area contributed by atoms with E-state index in [1.54, 1.807) is 42.5 Å². The van der Waals surface area contributed by atoms with Gasteiger partial charge in [0.25, 0.3) is 10.0 Å². The zero-order valence-corrected chi connectivity index (χ0v) is 16.8. The van der Waals surface area contributed by atoms with Crippen LogP contribution in [0.25, 0.3) is 0 Å². The molecule has 150 valence electrons. The molecule has 3 aromatic rings. The zero-order chi connectivity index (χ0) is 20.7. The number of halogens is 1. The first-order valence-corrected chi connectivity index (χ1v) is 10.5. The van der Waals surface area contributed by atoms with E-state index in [2.05, 4.69) is 15.0 Å². The van der Waals surface area contributed by atoms with Gasteiger partial charge < -0.3 is 10.1 Å². The number of nitrogens with zero attached hydrogens (tertiary/aromatic N) is 1. The van der Waals surface area contributed by atoms with Crippen LogP contribution in [0.3, 0.4) is 0 Å². The topological polar surface area (TPSA) is 97.4 Å². The zero-order valence-electron chi connectivity index (χ0n) is 15.2. The van der Waals surface area contributed by atoms with Crippen molar-refractivity contribution in [3.05, 3.63) is 77.9 Å². The number of ether oxygens (including phenoxy) is 1. The molecule has 0 fully saturated rings. The lowest BCUT2D eigenvalue weighted by Gasteiger charge is -2.09. The van der Waals surface area contributed by atoms with Crippen LogP contribution in [0.1, 0.15) is 6.42 Å². The molecular formula is C20H18ClN3O4S. The summed E-state index contributed by atoms with van der Waals surface area (Å²) in [7, 11) is -3.76. The smallest absolute Gasteiger partial charge is 0.263 e. The number of benzene rings is 2. The van der Waals surface area contributed by atoms with Crippen LogP contribution in [0.15, 0.2) is 77.8 Å². The summed E-state index contributed by atoms with van der Waals surface area (Å²) >= 11 is 5.80. The minimum atomic E-state index is -3.76. The summed E-state index contributed by atoms with van der Waals surface area (Å²) in [6, 6.07) is 17.6. The standard InChI is InChI=1S/C20H18ClN3O4S/c21-15-4-8-17(9-5-15)28-14-12-20(25)23-16-6-10-18(11-7-16)29(26,27)24-19-3-1-2-13-22-19/h1-11,13H,12,14H2,(H,22,24)(H,23,25). The van der Waals surface area contributed by atoms with Crippen molar-refractivity contribution in [2.24, 2.45) is 0 Å². The molecule has 2 aromatic carbocycles. The van der Waals surface area contributed by atoms with Gasteiger partial charge in [-0.2, -0.15) is 0 Å². The van der Waals surface area contributed by atoms with Crippen molar-refractivity contribution < 1.29 is 17.9 Å². The van der Waals surface area contributed by atoms with E-state index >= 15 is 0 Å². The second-order valence-electron chi connectivity index (χ2n) is 5.95. The Kier molecular flexibility index (Phi) is 6.69. The normalized spacial score (nSPS) is 10.9. The fraction of sp³-hybridized carbons (Fsp3) is 0.100. The number of carbonyl (C=O) groups excluding carboxylic acids is 1. The first-order chi connectivity index (χ1) is 13.9. The summed E-state index contributed by atoms with van der Waals surface area (Å²) in [5.41, 5.74) is 0.485. The van der Waals surface area contributed by atoms with Crippen LogP contribution >= 0.6 is 11.6 Å². The third kappa shape index (κ3) is 6.20. The minimum absolute atomic E-state index is 0.0622. The van der Waals surface area contributed by atoms with Crippen molar-refractivity contribution in [2.45, 2.75) is 11.3 Å². The summed E-state index contributed by atoms with van der Waals surface area (Å²) in [6.45, 7) is 0.202. The molecule has 0 radical (unpaired) electrons. The largest absolute Gasteiger partial charge is 0.493 e. The third-order valence-corrected chi connectivity index (χ3v) is 5.39. The number of anilines is 2. The molecular weight excluding hydrogens is 414 g/mol. The lowest BCUT2D eigenvalue weighted by molar-refractivity contribution is -0.116. The van der Waals surface area contributed by atoms with Crippen molar-refractivity contribution in [1.82, 2.24) is 4.98 Å². The molecule has 7 nitrogen and oxygen atoms in total. The van der Waals surface area contributed by atoms with Crippen LogP contribution in [-0.4, -0.2) is 25.9 Å². The van der Waals surface area contributed by atoms with E-state index in [0.717, 1.165) is 0 Å². The van der Waals surface area contributed by atoms with E-state index in [1.165, 1.54) is 30.5 Å². The fourth-order valence-electron chi connectivity index (χ4n) is 2.35. The number of hydrogen-bond donors (Lipinski definition) is 2. The number of carbonyl (C=O) groups is 1. The molecule has 0 aliphatic rings. The molecule has 1 aromatic heterocycles. The highest BCUT2D eigenvalue weighted by atomic mass is 35.5. The van der Waals surface area contributed by atoms with Crippen LogP contribution in [-0.2, 0) is 14.8 Å². The van der Waals surface area contributed by atoms with Gasteiger partial charge in [0.05, 0.1) is 17.9 Å². The van der Waals surface area contributed by atoms with E-state index < -0.39 is 10.0 Å². The molecule has 0 aliphatic heterocycles. The monoisotopic (exact) mass is 431 g/mol. The summed E-state index contributed by atoms with van der Waals surface area (Å²) in [5, 5.41) is 3.31. The highest BCUT2D eigenvalue weighted by Gasteiger charge is 2.14. The SMILES string of the molecule is O=C(CCOc1ccc(Cl)cc1)Nc1ccc(S(=O)(=O)Nc2ccccn2)cc1. The van der Waals surface area contributed by atoms with Gasteiger partial charge in [-0.1, -0.05) is 17.7 Å². The van der Waals surface area contributed by atoms with E-state index in [4.69, 9.17) is 16.3 Å². The molecule has 0 bridgehead atoms. The van der Waals surface area contributed by atoms with E-state index in [1.807, 2.05) is 0 Å². The van der Waals surface area contributed by atoms with Gasteiger partial charge in [-0.25, -0.2) is 13.4 Å². The van der Waals surface area contributed by atoms with Crippen molar-refractivity contribution in [1.29, 1.82) is 0 Å². The van der Waals surface area contributed by atoms with Crippen LogP contribution in [0, 0.1) is 0 Å². The first-order valence-electron chi connectivity index (χ1n) is 8.64. The van der Waals surface area contributed by atoms with Gasteiger partial charge in [0, 0.05) is 16.9 Å². The second kappa shape index (κ2) is 9.40. The van der Waals surface area contributed by atoms with E-state index in [9.17, 15) is 13.2 Å². The maximum absolute atomic E-state index is 12.4. The summed E-state index contributed by atoms with van der Waals surface area (Å²) in [5.74, 6) is 0.601. The number of sulfonamides is 1. The lowest BCUT2D eigenvalue weighted by Crippen LogP contribution is -2.16. The van der Waals surface area contributed by atoms with Crippen LogP contribution in [0.4, 0.5) is 11.5 Å². The number of rotatable bonds is 8. The van der Waals surface area contributed by atoms with E-state index in [-0.39, 0.29) is 29.6 Å². The third-order valence-electron chi connectivity index (χ3n) is 3.76. The molecule has 2 N–H and O–H groups in total. The number of aromatic nitrogens is 1. The van der Waals surface area contributed by atoms with Crippen molar-refractivity contribution in [2.75, 3.05) is 16.6 Å². The Morgan fingerprint density at radius 3 is 2.38 bits per heavy atom. The molecule has 0 saturated carbocycles. The maximum Gasteiger partial charge on any atom is 0.263 e. The molecule has 0 unspecified atom stereocenters. The van der Waals surface area contributed by atoms with Gasteiger partial charge in [0.15, 0.2) is 0 Å². The molecule has 29 heavy (non-hydrogen) atoms. The van der Waals surface area contributed by atoms with Gasteiger partial charge in [0.2, 0.25) is 5.91 Å². The average Bonchev–Trinajstić information content (AvgIpc) is 2.70. The Labute approximate surface area is 173 Å². The predicted octanol–water partition coefficient (Wildman–Crippen LogP) is 3.94. The van der Waals surface area contributed by atoms with Crippen molar-refractivity contribution >= 4 is 39.0 Å². The van der Waals surface area contributed by atoms with Crippen LogP contribution in [0.5, 0.6) is 5.75 Å². The Morgan fingerprint density at radius 1 is 1.00 bits per heavy atom. The van der Waals surface area contributed by atoms with Gasteiger partial charge in [-0.05, 0) is 60.7 Å². The fourth-order valence-corrected chi connectivity index (χ4v) is 3.49. The van der Waals surface area contributed by atoms with Gasteiger partial charge in [0.1, 0.15) is 11.6 Å². The Balaban J connectivity index is 1.51. The molecule has 0 spiro atoms. The van der Waals surface area contributed by atoms with Gasteiger partial charge in [-0.3, -0.25) is 9.52 Å². The molecule has 1 heterocycles. The highest BCUT2D eigenvalue weighted by molar-refractivity contribution is 7.92. The predicted molar refractivity (Wildman–Crippen MR) is 112 cm³/mol. The summed E-state index contributed by atoms with van der Waals surface area (Å²) < 4.78 is 32.6. The number of nitrogens with one attached hydrogen (secondary N) is 2. The molecule has 0 aliphatic carbocycles. The van der Waals surface area contributed by atoms with Crippen LogP contribution < -0.4 is 14.8 Å². The van der Waals surface area contributed by atoms with Crippen molar-refractivity contribution in [3.8, 4) is 5.75 Å².